The summed E-state index contributed by atoms with van der Waals surface area (Å²) >= 11 is 5.88. The first kappa shape index (κ1) is 30.5. The molecule has 11 heteroatoms. The zero-order chi connectivity index (χ0) is 26.6. The molecule has 0 radical (unpaired) electrons. The van der Waals surface area contributed by atoms with Crippen LogP contribution in [-0.2, 0) is 35.9 Å². The number of hydrogen-bond acceptors (Lipinski definition) is 8. The van der Waals surface area contributed by atoms with Crippen LogP contribution in [0.15, 0.2) is 48.5 Å². The molecule has 0 heterocycles. The van der Waals surface area contributed by atoms with Crippen molar-refractivity contribution in [2.75, 3.05) is 41.1 Å². The molecule has 202 valence electrons. The number of benzene rings is 2. The molecule has 4 atom stereocenters. The minimum Gasteiger partial charge on any atom is -0.497 e. The van der Waals surface area contributed by atoms with E-state index in [4.69, 9.17) is 34.9 Å². The predicted molar refractivity (Wildman–Crippen MR) is 137 cm³/mol. The van der Waals surface area contributed by atoms with Gasteiger partial charge in [0.05, 0.1) is 18.6 Å². The molecule has 0 aromatic heterocycles. The van der Waals surface area contributed by atoms with Gasteiger partial charge in [-0.05, 0) is 74.6 Å². The maximum atomic E-state index is 12.9. The van der Waals surface area contributed by atoms with Crippen LogP contribution < -0.4 is 9.47 Å². The smallest absolute Gasteiger partial charge is 0.497 e. The molecule has 0 amide bonds. The largest absolute Gasteiger partial charge is 0.508 e. The van der Waals surface area contributed by atoms with E-state index in [2.05, 4.69) is 10.8 Å². The lowest BCUT2D eigenvalue weighted by molar-refractivity contribution is -0.109. The molecule has 0 spiro atoms. The lowest BCUT2D eigenvalue weighted by Crippen LogP contribution is -2.34. The molecule has 0 aliphatic rings. The lowest BCUT2D eigenvalue weighted by Gasteiger charge is -2.24. The zero-order valence-corrected chi connectivity index (χ0v) is 23.0. The first-order valence-corrected chi connectivity index (χ1v) is 13.5. The van der Waals surface area contributed by atoms with E-state index in [1.54, 1.807) is 14.0 Å². The number of phosphoric acid groups is 1. The quantitative estimate of drug-likeness (QED) is 0.139. The summed E-state index contributed by atoms with van der Waals surface area (Å²) in [5, 5.41) is -0.531. The van der Waals surface area contributed by atoms with Crippen molar-refractivity contribution in [3.63, 3.8) is 0 Å². The summed E-state index contributed by atoms with van der Waals surface area (Å²) in [5.41, 5.74) is 2.21. The van der Waals surface area contributed by atoms with E-state index in [0.717, 1.165) is 35.5 Å². The minimum atomic E-state index is -4.47. The average Bonchev–Trinajstić information content (AvgIpc) is 2.86. The number of rotatable bonds is 17. The van der Waals surface area contributed by atoms with Crippen molar-refractivity contribution in [1.29, 1.82) is 0 Å². The van der Waals surface area contributed by atoms with Gasteiger partial charge in [-0.15, -0.1) is 11.6 Å². The van der Waals surface area contributed by atoms with Gasteiger partial charge < -0.3 is 19.1 Å². The number of likely N-dealkylation sites (N-methyl/N-ethyl adjacent to an activating group) is 1. The van der Waals surface area contributed by atoms with Gasteiger partial charge in [0.2, 0.25) is 0 Å². The van der Waals surface area contributed by atoms with Crippen LogP contribution in [0.2, 0.25) is 0 Å². The number of alkyl halides is 1. The van der Waals surface area contributed by atoms with Crippen LogP contribution in [-0.4, -0.2) is 63.6 Å². The molecule has 0 aliphatic heterocycles. The third-order valence-electron chi connectivity index (χ3n) is 5.32. The normalized spacial score (nSPS) is 15.8. The van der Waals surface area contributed by atoms with Gasteiger partial charge in [-0.3, -0.25) is 9.05 Å². The summed E-state index contributed by atoms with van der Waals surface area (Å²) in [6, 6.07) is 15.7. The summed E-state index contributed by atoms with van der Waals surface area (Å²) in [5.74, 6) is 1.56. The van der Waals surface area contributed by atoms with Crippen molar-refractivity contribution in [3.8, 4) is 11.5 Å². The molecule has 0 fully saturated rings. The van der Waals surface area contributed by atoms with Crippen LogP contribution in [0.5, 0.6) is 11.5 Å². The predicted octanol–water partition coefficient (Wildman–Crippen LogP) is 5.82. The Bertz CT molecular complexity index is 966. The third-order valence-corrected chi connectivity index (χ3v) is 6.86. The van der Waals surface area contributed by atoms with Gasteiger partial charge in [-0.25, -0.2) is 4.57 Å². The highest BCUT2D eigenvalue weighted by Gasteiger charge is 2.33. The molecule has 2 aromatic rings. The molecule has 1 unspecified atom stereocenters. The number of ether oxygens (including phenoxy) is 3. The molecule has 0 aliphatic carbocycles. The Morgan fingerprint density at radius 3 is 2.50 bits per heavy atom. The molecule has 36 heavy (non-hydrogen) atoms. The fraction of sp³-hybridized carbons (Fsp3) is 0.520. The first-order valence-electron chi connectivity index (χ1n) is 11.6. The fourth-order valence-electron chi connectivity index (χ4n) is 3.25. The first-order chi connectivity index (χ1) is 17.2. The summed E-state index contributed by atoms with van der Waals surface area (Å²) in [7, 11) is 0.933. The monoisotopic (exact) mass is 547 g/mol. The number of para-hydroxylation sites is 1. The Kier molecular flexibility index (Phi) is 13.2. The van der Waals surface area contributed by atoms with Crippen molar-refractivity contribution in [2.24, 2.45) is 0 Å². The van der Waals surface area contributed by atoms with Crippen molar-refractivity contribution >= 4 is 19.4 Å². The SMILES string of the molecule is COc1cccc(CCc2ccccc2OC[C@@H](CN(C)C)OCOP(=O)(OF)O[C@H](C)[C@@H](C)Cl)c1. The van der Waals surface area contributed by atoms with E-state index in [0.29, 0.717) is 6.54 Å². The van der Waals surface area contributed by atoms with Gasteiger partial charge in [0, 0.05) is 6.54 Å². The Hall–Kier alpha value is -1.71. The minimum absolute atomic E-state index is 0.189. The molecule has 0 saturated heterocycles. The zero-order valence-electron chi connectivity index (χ0n) is 21.4. The van der Waals surface area contributed by atoms with Gasteiger partial charge in [0.1, 0.15) is 24.2 Å². The van der Waals surface area contributed by atoms with Crippen LogP contribution in [0.25, 0.3) is 0 Å². The number of hydrogen-bond donors (Lipinski definition) is 0. The fourth-order valence-corrected chi connectivity index (χ4v) is 4.28. The van der Waals surface area contributed by atoms with Crippen molar-refractivity contribution in [1.82, 2.24) is 4.90 Å². The molecule has 0 bridgehead atoms. The summed E-state index contributed by atoms with van der Waals surface area (Å²) < 4.78 is 55.7. The standard InChI is InChI=1S/C25H36ClFNO7P/c1-19(26)20(2)34-36(29,35-27)33-18-32-24(16-28(3)4)17-31-25-12-7-6-10-22(25)14-13-21-9-8-11-23(15-21)30-5/h6-12,15,19-20,24H,13-14,16-18H2,1-5H3/t19-,20-,24-,36?/m1/s1. The maximum Gasteiger partial charge on any atom is 0.508 e. The third kappa shape index (κ3) is 10.7. The molecule has 0 N–H and O–H groups in total. The highest BCUT2D eigenvalue weighted by Crippen LogP contribution is 2.51. The maximum absolute atomic E-state index is 12.9. The summed E-state index contributed by atoms with van der Waals surface area (Å²) in [4.78, 5) is 1.90. The van der Waals surface area contributed by atoms with E-state index in [1.165, 1.54) is 6.92 Å². The second kappa shape index (κ2) is 15.5. The van der Waals surface area contributed by atoms with Gasteiger partial charge >= 0.3 is 7.82 Å². The molecule has 2 rings (SSSR count). The van der Waals surface area contributed by atoms with Crippen LogP contribution >= 0.6 is 19.4 Å². The molecular formula is C25H36ClFNO7P. The second-order valence-electron chi connectivity index (χ2n) is 8.57. The number of nitrogens with zero attached hydrogens (tertiary/aromatic N) is 1. The number of phosphoric ester groups is 1. The molecule has 0 saturated carbocycles. The van der Waals surface area contributed by atoms with Gasteiger partial charge in [0.15, 0.2) is 6.79 Å². The number of methoxy groups -OCH3 is 1. The van der Waals surface area contributed by atoms with E-state index in [1.807, 2.05) is 61.5 Å². The lowest BCUT2D eigenvalue weighted by atomic mass is 10.0. The average molecular weight is 548 g/mol. The molecular weight excluding hydrogens is 512 g/mol. The Morgan fingerprint density at radius 2 is 1.83 bits per heavy atom. The van der Waals surface area contributed by atoms with Gasteiger partial charge in [-0.1, -0.05) is 35.1 Å². The Balaban J connectivity index is 1.96. The highest BCUT2D eigenvalue weighted by molar-refractivity contribution is 7.48. The van der Waals surface area contributed by atoms with Crippen molar-refractivity contribution < 1.29 is 37.1 Å². The van der Waals surface area contributed by atoms with Crippen molar-refractivity contribution in [3.05, 3.63) is 59.7 Å². The van der Waals surface area contributed by atoms with E-state index < -0.39 is 32.2 Å². The van der Waals surface area contributed by atoms with Crippen molar-refractivity contribution in [2.45, 2.75) is 44.3 Å². The van der Waals surface area contributed by atoms with Gasteiger partial charge in [0.25, 0.3) is 0 Å². The molecule has 8 nitrogen and oxygen atoms in total. The Labute approximate surface area is 218 Å². The van der Waals surface area contributed by atoms with Crippen LogP contribution in [0.4, 0.5) is 4.53 Å². The second-order valence-corrected chi connectivity index (χ2v) is 10.8. The highest BCUT2D eigenvalue weighted by atomic mass is 35.5. The Morgan fingerprint density at radius 1 is 1.08 bits per heavy atom. The van der Waals surface area contributed by atoms with Gasteiger partial charge in [-0.2, -0.15) is 0 Å². The summed E-state index contributed by atoms with van der Waals surface area (Å²) in [6.07, 6.45) is 0.365. The topological polar surface area (TPSA) is 75.7 Å². The number of aryl methyl sites for hydroxylation is 2. The number of halogens is 2. The van der Waals surface area contributed by atoms with Crippen LogP contribution in [0.1, 0.15) is 25.0 Å². The molecule has 2 aromatic carbocycles. The van der Waals surface area contributed by atoms with E-state index in [-0.39, 0.29) is 6.61 Å². The summed E-state index contributed by atoms with van der Waals surface area (Å²) in [6.45, 7) is 3.29. The van der Waals surface area contributed by atoms with E-state index >= 15 is 0 Å². The van der Waals surface area contributed by atoms with E-state index in [9.17, 15) is 9.09 Å². The van der Waals surface area contributed by atoms with Crippen LogP contribution in [0, 0.1) is 0 Å². The van der Waals surface area contributed by atoms with Crippen LogP contribution in [0.3, 0.4) is 0 Å².